The Balaban J connectivity index is 3.29. The van der Waals surface area contributed by atoms with Gasteiger partial charge in [-0.1, -0.05) is 6.08 Å². The van der Waals surface area contributed by atoms with E-state index in [2.05, 4.69) is 5.10 Å². The topological polar surface area (TPSA) is 39.8 Å². The van der Waals surface area contributed by atoms with Crippen LogP contribution in [0.2, 0.25) is 0 Å². The molecule has 66 valence electrons. The minimum absolute atomic E-state index is 0.0643. The third-order valence-corrected chi connectivity index (χ3v) is 1.67. The Morgan fingerprint density at radius 3 is 2.75 bits per heavy atom. The molecule has 1 aromatic rings. The summed E-state index contributed by atoms with van der Waals surface area (Å²) in [5, 5.41) is 4.05. The van der Waals surface area contributed by atoms with Crippen molar-refractivity contribution in [3.63, 3.8) is 0 Å². The molecule has 1 aromatic heterocycles. The summed E-state index contributed by atoms with van der Waals surface area (Å²) in [6.07, 6.45) is 3.69. The van der Waals surface area contributed by atoms with Crippen molar-refractivity contribution < 1.29 is 0 Å². The van der Waals surface area contributed by atoms with Crippen molar-refractivity contribution in [2.24, 2.45) is 7.05 Å². The third kappa shape index (κ3) is 1.32. The lowest BCUT2D eigenvalue weighted by Crippen LogP contribution is -2.22. The monoisotopic (exact) mass is 167 g/mol. The molecule has 4 nitrogen and oxygen atoms in total. The SMILES string of the molecule is C/C=C\c1nn(C)c(=O)n1CC. The molecule has 0 saturated heterocycles. The maximum absolute atomic E-state index is 11.3. The van der Waals surface area contributed by atoms with E-state index in [1.807, 2.05) is 26.0 Å². The Bertz CT molecular complexity index is 346. The van der Waals surface area contributed by atoms with E-state index in [4.69, 9.17) is 0 Å². The number of allylic oxidation sites excluding steroid dienone is 1. The van der Waals surface area contributed by atoms with Crippen molar-refractivity contribution in [3.8, 4) is 0 Å². The summed E-state index contributed by atoms with van der Waals surface area (Å²) < 4.78 is 2.97. The van der Waals surface area contributed by atoms with Gasteiger partial charge in [0.05, 0.1) is 0 Å². The Labute approximate surface area is 71.1 Å². The smallest absolute Gasteiger partial charge is 0.276 e. The van der Waals surface area contributed by atoms with Crippen LogP contribution in [-0.2, 0) is 13.6 Å². The van der Waals surface area contributed by atoms with Gasteiger partial charge in [-0.15, -0.1) is 0 Å². The first kappa shape index (κ1) is 8.77. The highest BCUT2D eigenvalue weighted by molar-refractivity contribution is 5.38. The minimum atomic E-state index is -0.0643. The lowest BCUT2D eigenvalue weighted by atomic mass is 10.5. The highest BCUT2D eigenvalue weighted by Gasteiger charge is 2.04. The van der Waals surface area contributed by atoms with E-state index in [0.29, 0.717) is 12.4 Å². The van der Waals surface area contributed by atoms with Crippen LogP contribution in [0, 0.1) is 0 Å². The van der Waals surface area contributed by atoms with Crippen LogP contribution in [0.3, 0.4) is 0 Å². The van der Waals surface area contributed by atoms with Gasteiger partial charge in [-0.3, -0.25) is 4.57 Å². The minimum Gasteiger partial charge on any atom is -0.276 e. The van der Waals surface area contributed by atoms with E-state index < -0.39 is 0 Å². The Hall–Kier alpha value is -1.32. The molecule has 1 heterocycles. The van der Waals surface area contributed by atoms with Gasteiger partial charge in [-0.05, 0) is 19.9 Å². The van der Waals surface area contributed by atoms with E-state index >= 15 is 0 Å². The summed E-state index contributed by atoms with van der Waals surface area (Å²) >= 11 is 0. The van der Waals surface area contributed by atoms with Gasteiger partial charge < -0.3 is 0 Å². The zero-order chi connectivity index (χ0) is 9.14. The van der Waals surface area contributed by atoms with Gasteiger partial charge in [0.15, 0.2) is 5.82 Å². The highest BCUT2D eigenvalue weighted by atomic mass is 16.2. The van der Waals surface area contributed by atoms with Gasteiger partial charge in [-0.25, -0.2) is 9.48 Å². The predicted octanol–water partition coefficient (Wildman–Crippen LogP) is 0.635. The van der Waals surface area contributed by atoms with Crippen LogP contribution < -0.4 is 5.69 Å². The largest absolute Gasteiger partial charge is 0.345 e. The average molecular weight is 167 g/mol. The van der Waals surface area contributed by atoms with Crippen molar-refractivity contribution >= 4 is 6.08 Å². The second kappa shape index (κ2) is 3.38. The molecule has 0 radical (unpaired) electrons. The maximum Gasteiger partial charge on any atom is 0.345 e. The highest BCUT2D eigenvalue weighted by Crippen LogP contribution is 1.94. The van der Waals surface area contributed by atoms with Gasteiger partial charge in [0.2, 0.25) is 0 Å². The van der Waals surface area contributed by atoms with Crippen LogP contribution in [0.1, 0.15) is 19.7 Å². The second-order valence-electron chi connectivity index (χ2n) is 2.51. The molecule has 0 fully saturated rings. The van der Waals surface area contributed by atoms with E-state index in [9.17, 15) is 4.79 Å². The molecule has 0 saturated carbocycles. The molecule has 0 N–H and O–H groups in total. The zero-order valence-electron chi connectivity index (χ0n) is 7.61. The van der Waals surface area contributed by atoms with Gasteiger partial charge in [0, 0.05) is 13.6 Å². The normalized spacial score (nSPS) is 11.2. The first-order chi connectivity index (χ1) is 5.70. The molecule has 0 unspecified atom stereocenters. The Kier molecular flexibility index (Phi) is 2.47. The molecule has 0 aliphatic carbocycles. The van der Waals surface area contributed by atoms with Crippen molar-refractivity contribution in [2.75, 3.05) is 0 Å². The number of rotatable bonds is 2. The van der Waals surface area contributed by atoms with Crippen LogP contribution in [0.25, 0.3) is 6.08 Å². The first-order valence-corrected chi connectivity index (χ1v) is 3.97. The summed E-state index contributed by atoms with van der Waals surface area (Å²) in [4.78, 5) is 11.3. The fraction of sp³-hybridized carbons (Fsp3) is 0.500. The van der Waals surface area contributed by atoms with Crippen molar-refractivity contribution in [3.05, 3.63) is 22.4 Å². The van der Waals surface area contributed by atoms with Crippen LogP contribution in [-0.4, -0.2) is 14.3 Å². The number of hydrogen-bond donors (Lipinski definition) is 0. The maximum atomic E-state index is 11.3. The molecule has 1 rings (SSSR count). The van der Waals surface area contributed by atoms with Crippen molar-refractivity contribution in [2.45, 2.75) is 20.4 Å². The molecular weight excluding hydrogens is 154 g/mol. The van der Waals surface area contributed by atoms with Gasteiger partial charge in [0.25, 0.3) is 0 Å². The molecule has 0 aliphatic rings. The molecule has 0 aromatic carbocycles. The summed E-state index contributed by atoms with van der Waals surface area (Å²) in [5.41, 5.74) is -0.0643. The molecule has 12 heavy (non-hydrogen) atoms. The summed E-state index contributed by atoms with van der Waals surface area (Å²) in [6, 6.07) is 0. The molecule has 0 atom stereocenters. The van der Waals surface area contributed by atoms with Crippen molar-refractivity contribution in [1.29, 1.82) is 0 Å². The van der Waals surface area contributed by atoms with Crippen LogP contribution >= 0.6 is 0 Å². The van der Waals surface area contributed by atoms with Crippen molar-refractivity contribution in [1.82, 2.24) is 14.3 Å². The van der Waals surface area contributed by atoms with E-state index in [-0.39, 0.29) is 5.69 Å². The van der Waals surface area contributed by atoms with E-state index in [1.54, 1.807) is 11.6 Å². The summed E-state index contributed by atoms with van der Waals surface area (Å²) in [7, 11) is 1.65. The van der Waals surface area contributed by atoms with Gasteiger partial charge in [-0.2, -0.15) is 5.10 Å². The summed E-state index contributed by atoms with van der Waals surface area (Å²) in [5.74, 6) is 0.715. The fourth-order valence-corrected chi connectivity index (χ4v) is 1.09. The van der Waals surface area contributed by atoms with Crippen LogP contribution in [0.5, 0.6) is 0 Å². The molecule has 0 aliphatic heterocycles. The molecule has 0 amide bonds. The second-order valence-corrected chi connectivity index (χ2v) is 2.51. The first-order valence-electron chi connectivity index (χ1n) is 3.97. The molecular formula is C8H13N3O. The number of hydrogen-bond acceptors (Lipinski definition) is 2. The average Bonchev–Trinajstić information content (AvgIpc) is 2.29. The Morgan fingerprint density at radius 2 is 2.25 bits per heavy atom. The molecule has 0 bridgehead atoms. The van der Waals surface area contributed by atoms with E-state index in [1.165, 1.54) is 4.68 Å². The number of nitrogens with zero attached hydrogens (tertiary/aromatic N) is 3. The van der Waals surface area contributed by atoms with Gasteiger partial charge >= 0.3 is 5.69 Å². The summed E-state index contributed by atoms with van der Waals surface area (Å²) in [6.45, 7) is 4.49. The molecule has 0 spiro atoms. The zero-order valence-corrected chi connectivity index (χ0v) is 7.61. The quantitative estimate of drug-likeness (QED) is 0.648. The van der Waals surface area contributed by atoms with Crippen LogP contribution in [0.4, 0.5) is 0 Å². The third-order valence-electron chi connectivity index (χ3n) is 1.67. The van der Waals surface area contributed by atoms with Crippen LogP contribution in [0.15, 0.2) is 10.9 Å². The molecule has 4 heteroatoms. The van der Waals surface area contributed by atoms with E-state index in [0.717, 1.165) is 0 Å². The lowest BCUT2D eigenvalue weighted by molar-refractivity contribution is 0.676. The predicted molar refractivity (Wildman–Crippen MR) is 47.9 cm³/mol. The fourth-order valence-electron chi connectivity index (χ4n) is 1.09. The standard InChI is InChI=1S/C8H13N3O/c1-4-6-7-9-10(3)8(12)11(7)5-2/h4,6H,5H2,1-3H3/b6-4-. The number of aromatic nitrogens is 3. The van der Waals surface area contributed by atoms with Gasteiger partial charge in [0.1, 0.15) is 0 Å². The number of aryl methyl sites for hydroxylation is 1. The lowest BCUT2D eigenvalue weighted by Gasteiger charge is -1.94. The Morgan fingerprint density at radius 1 is 1.58 bits per heavy atom.